The van der Waals surface area contributed by atoms with Gasteiger partial charge in [-0.2, -0.15) is 0 Å². The highest BCUT2D eigenvalue weighted by molar-refractivity contribution is 6.33. The average molecular weight is 264 g/mol. The molecule has 2 aromatic rings. The third-order valence-corrected chi connectivity index (χ3v) is 2.99. The first-order chi connectivity index (χ1) is 8.16. The summed E-state index contributed by atoms with van der Waals surface area (Å²) in [6, 6.07) is 13.2. The van der Waals surface area contributed by atoms with E-state index in [9.17, 15) is 0 Å². The molecule has 0 heterocycles. The van der Waals surface area contributed by atoms with Gasteiger partial charge in [0.25, 0.3) is 0 Å². The zero-order valence-corrected chi connectivity index (χ0v) is 10.8. The van der Waals surface area contributed by atoms with Crippen LogP contribution in [-0.2, 0) is 0 Å². The number of benzene rings is 2. The number of hydrogen-bond donors (Lipinski definition) is 0. The second-order valence-electron chi connectivity index (χ2n) is 3.71. The summed E-state index contributed by atoms with van der Waals surface area (Å²) >= 11 is 11.9. The number of rotatable bonds is 2. The van der Waals surface area contributed by atoms with Crippen LogP contribution >= 0.6 is 23.2 Å². The Hall–Kier alpha value is -1.31. The highest BCUT2D eigenvalue weighted by atomic mass is 35.5. The molecule has 0 aromatic heterocycles. The fraction of sp³-hybridized carbons (Fsp3) is 0.0714. The van der Waals surface area contributed by atoms with E-state index in [1.807, 2.05) is 49.4 Å². The van der Waals surface area contributed by atoms with Crippen molar-refractivity contribution in [2.75, 3.05) is 0 Å². The fourth-order valence-corrected chi connectivity index (χ4v) is 1.89. The van der Waals surface area contributed by atoms with Crippen LogP contribution in [0.5, 0.6) is 0 Å². The molecule has 0 aliphatic carbocycles. The van der Waals surface area contributed by atoms with Crippen LogP contribution in [0.4, 0.5) is 5.69 Å². The van der Waals surface area contributed by atoms with Gasteiger partial charge in [-0.3, -0.25) is 4.99 Å². The third-order valence-electron chi connectivity index (χ3n) is 2.41. The molecule has 0 radical (unpaired) electrons. The molecule has 0 aliphatic heterocycles. The molecular formula is C14H11Cl2N. The van der Waals surface area contributed by atoms with E-state index in [2.05, 4.69) is 4.99 Å². The summed E-state index contributed by atoms with van der Waals surface area (Å²) in [5.41, 5.74) is 2.85. The zero-order valence-electron chi connectivity index (χ0n) is 9.32. The van der Waals surface area contributed by atoms with Gasteiger partial charge in [-0.25, -0.2) is 0 Å². The molecule has 1 nitrogen and oxygen atoms in total. The Morgan fingerprint density at radius 3 is 2.53 bits per heavy atom. The van der Waals surface area contributed by atoms with Crippen LogP contribution in [0.1, 0.15) is 11.1 Å². The quantitative estimate of drug-likeness (QED) is 0.673. The molecule has 0 N–H and O–H groups in total. The first-order valence-electron chi connectivity index (χ1n) is 5.21. The predicted molar refractivity (Wildman–Crippen MR) is 74.9 cm³/mol. The Morgan fingerprint density at radius 1 is 1.06 bits per heavy atom. The summed E-state index contributed by atoms with van der Waals surface area (Å²) in [6.45, 7) is 1.98. The van der Waals surface area contributed by atoms with Crippen LogP contribution in [-0.4, -0.2) is 6.21 Å². The smallest absolute Gasteiger partial charge is 0.0660 e. The zero-order chi connectivity index (χ0) is 12.3. The SMILES string of the molecule is Cc1cc(Cl)ccc1N=Cc1ccccc1Cl. The van der Waals surface area contributed by atoms with Crippen molar-refractivity contribution in [3.8, 4) is 0 Å². The summed E-state index contributed by atoms with van der Waals surface area (Å²) in [6.07, 6.45) is 1.76. The first kappa shape index (κ1) is 12.2. The summed E-state index contributed by atoms with van der Waals surface area (Å²) in [7, 11) is 0. The second kappa shape index (κ2) is 5.35. The Labute approximate surface area is 111 Å². The Morgan fingerprint density at radius 2 is 1.82 bits per heavy atom. The maximum Gasteiger partial charge on any atom is 0.0660 e. The average Bonchev–Trinajstić information content (AvgIpc) is 2.30. The Kier molecular flexibility index (Phi) is 3.82. The van der Waals surface area contributed by atoms with E-state index in [4.69, 9.17) is 23.2 Å². The van der Waals surface area contributed by atoms with Crippen molar-refractivity contribution in [2.45, 2.75) is 6.92 Å². The largest absolute Gasteiger partial charge is 0.256 e. The lowest BCUT2D eigenvalue weighted by Gasteiger charge is -2.01. The predicted octanol–water partition coefficient (Wildman–Crippen LogP) is 5.05. The van der Waals surface area contributed by atoms with Crippen LogP contribution in [0.15, 0.2) is 47.5 Å². The van der Waals surface area contributed by atoms with Crippen LogP contribution in [0.3, 0.4) is 0 Å². The van der Waals surface area contributed by atoms with Gasteiger partial charge in [0.15, 0.2) is 0 Å². The standard InChI is InChI=1S/C14H11Cl2N/c1-10-8-12(15)6-7-14(10)17-9-11-4-2-3-5-13(11)16/h2-9H,1H3. The molecule has 17 heavy (non-hydrogen) atoms. The van der Waals surface area contributed by atoms with Crippen LogP contribution in [0, 0.1) is 6.92 Å². The van der Waals surface area contributed by atoms with Gasteiger partial charge < -0.3 is 0 Å². The van der Waals surface area contributed by atoms with Gasteiger partial charge in [0.2, 0.25) is 0 Å². The minimum absolute atomic E-state index is 0.697. The number of hydrogen-bond acceptors (Lipinski definition) is 1. The van der Waals surface area contributed by atoms with Crippen molar-refractivity contribution in [1.82, 2.24) is 0 Å². The van der Waals surface area contributed by atoms with E-state index in [0.717, 1.165) is 21.8 Å². The molecular weight excluding hydrogens is 253 g/mol. The van der Waals surface area contributed by atoms with Crippen molar-refractivity contribution in [1.29, 1.82) is 0 Å². The summed E-state index contributed by atoms with van der Waals surface area (Å²) in [5, 5.41) is 1.42. The Balaban J connectivity index is 2.29. The lowest BCUT2D eigenvalue weighted by Crippen LogP contribution is -1.82. The van der Waals surface area contributed by atoms with Gasteiger partial charge in [-0.05, 0) is 36.8 Å². The minimum Gasteiger partial charge on any atom is -0.256 e. The van der Waals surface area contributed by atoms with Crippen molar-refractivity contribution in [3.05, 3.63) is 63.6 Å². The highest BCUT2D eigenvalue weighted by Gasteiger charge is 1.98. The second-order valence-corrected chi connectivity index (χ2v) is 4.55. The minimum atomic E-state index is 0.697. The first-order valence-corrected chi connectivity index (χ1v) is 5.97. The molecule has 0 fully saturated rings. The molecule has 0 aliphatic rings. The van der Waals surface area contributed by atoms with Crippen LogP contribution in [0.25, 0.3) is 0 Å². The molecule has 0 amide bonds. The van der Waals surface area contributed by atoms with E-state index in [1.54, 1.807) is 6.21 Å². The van der Waals surface area contributed by atoms with Gasteiger partial charge in [0.1, 0.15) is 0 Å². The van der Waals surface area contributed by atoms with Crippen molar-refractivity contribution in [3.63, 3.8) is 0 Å². The fourth-order valence-electron chi connectivity index (χ4n) is 1.48. The van der Waals surface area contributed by atoms with Crippen LogP contribution in [0.2, 0.25) is 10.0 Å². The number of aliphatic imine (C=N–C) groups is 1. The topological polar surface area (TPSA) is 12.4 Å². The third kappa shape index (κ3) is 3.09. The normalized spacial score (nSPS) is 11.0. The van der Waals surface area contributed by atoms with E-state index in [0.29, 0.717) is 5.02 Å². The maximum absolute atomic E-state index is 6.04. The molecule has 0 spiro atoms. The van der Waals surface area contributed by atoms with Crippen molar-refractivity contribution < 1.29 is 0 Å². The number of halogens is 2. The lowest BCUT2D eigenvalue weighted by atomic mass is 10.2. The molecule has 0 unspecified atom stereocenters. The van der Waals surface area contributed by atoms with Gasteiger partial charge in [-0.1, -0.05) is 41.4 Å². The van der Waals surface area contributed by atoms with Gasteiger partial charge in [-0.15, -0.1) is 0 Å². The van der Waals surface area contributed by atoms with E-state index in [1.165, 1.54) is 0 Å². The number of aryl methyl sites for hydroxylation is 1. The molecule has 0 bridgehead atoms. The molecule has 0 saturated carbocycles. The van der Waals surface area contributed by atoms with Gasteiger partial charge >= 0.3 is 0 Å². The molecule has 86 valence electrons. The van der Waals surface area contributed by atoms with Gasteiger partial charge in [0, 0.05) is 21.8 Å². The van der Waals surface area contributed by atoms with Gasteiger partial charge in [0.05, 0.1) is 5.69 Å². The van der Waals surface area contributed by atoms with E-state index < -0.39 is 0 Å². The molecule has 0 saturated heterocycles. The summed E-state index contributed by atoms with van der Waals surface area (Å²) < 4.78 is 0. The summed E-state index contributed by atoms with van der Waals surface area (Å²) in [5.74, 6) is 0. The molecule has 2 rings (SSSR count). The monoisotopic (exact) mass is 263 g/mol. The maximum atomic E-state index is 6.04. The van der Waals surface area contributed by atoms with Crippen molar-refractivity contribution in [2.24, 2.45) is 4.99 Å². The summed E-state index contributed by atoms with van der Waals surface area (Å²) in [4.78, 5) is 4.41. The molecule has 3 heteroatoms. The number of nitrogens with zero attached hydrogens (tertiary/aromatic N) is 1. The van der Waals surface area contributed by atoms with E-state index in [-0.39, 0.29) is 0 Å². The molecule has 0 atom stereocenters. The van der Waals surface area contributed by atoms with Crippen LogP contribution < -0.4 is 0 Å². The Bertz CT molecular complexity index is 562. The van der Waals surface area contributed by atoms with Crippen molar-refractivity contribution >= 4 is 35.1 Å². The lowest BCUT2D eigenvalue weighted by molar-refractivity contribution is 1.40. The van der Waals surface area contributed by atoms with E-state index >= 15 is 0 Å². The molecule has 2 aromatic carbocycles. The highest BCUT2D eigenvalue weighted by Crippen LogP contribution is 2.22.